The number of carboxylic acid groups (broad SMARTS) is 1. The first-order valence-corrected chi connectivity index (χ1v) is 12.4. The van der Waals surface area contributed by atoms with E-state index in [4.69, 9.17) is 33.0 Å². The van der Waals surface area contributed by atoms with Crippen molar-refractivity contribution >= 4 is 66.4 Å². The van der Waals surface area contributed by atoms with E-state index in [1.165, 1.54) is 36.4 Å². The molecule has 7 nitrogen and oxygen atoms in total. The number of nitrogens with one attached hydrogen (secondary N) is 1. The number of thiazole rings is 1. The van der Waals surface area contributed by atoms with Crippen LogP contribution in [0.15, 0.2) is 59.5 Å². The Kier molecular flexibility index (Phi) is 6.58. The van der Waals surface area contributed by atoms with E-state index in [0.29, 0.717) is 22.3 Å². The maximum atomic E-state index is 12.9. The van der Waals surface area contributed by atoms with Gasteiger partial charge in [0, 0.05) is 11.1 Å². The predicted molar refractivity (Wildman–Crippen MR) is 125 cm³/mol. The highest BCUT2D eigenvalue weighted by atomic mass is 35.5. The molecule has 14 heteroatoms. The molecule has 1 heterocycles. The molecule has 4 aromatic rings. The summed E-state index contributed by atoms with van der Waals surface area (Å²) in [4.78, 5) is 14.8. The van der Waals surface area contributed by atoms with Crippen LogP contribution in [-0.4, -0.2) is 24.5 Å². The number of aromatic carboxylic acids is 1. The van der Waals surface area contributed by atoms with Crippen LogP contribution in [0.2, 0.25) is 10.0 Å². The maximum Gasteiger partial charge on any atom is 0.416 e. The predicted octanol–water partition coefficient (Wildman–Crippen LogP) is 6.91. The lowest BCUT2D eigenvalue weighted by Gasteiger charge is -2.13. The fraction of sp³-hybridized carbons (Fsp3) is 0.0476. The van der Waals surface area contributed by atoms with Gasteiger partial charge in [0.05, 0.1) is 32.1 Å². The summed E-state index contributed by atoms with van der Waals surface area (Å²) in [6.07, 6.45) is -4.69. The number of carbonyl (C=O) groups is 1. The number of rotatable bonds is 6. The van der Waals surface area contributed by atoms with Crippen LogP contribution >= 0.6 is 34.5 Å². The van der Waals surface area contributed by atoms with Crippen LogP contribution in [0.3, 0.4) is 0 Å². The molecule has 0 radical (unpaired) electrons. The smallest absolute Gasteiger partial charge is 0.416 e. The van der Waals surface area contributed by atoms with Gasteiger partial charge in [-0.3, -0.25) is 4.72 Å². The third kappa shape index (κ3) is 5.61. The monoisotopic (exact) mass is 562 g/mol. The number of sulfonamides is 1. The Morgan fingerprint density at radius 3 is 2.46 bits per heavy atom. The molecule has 182 valence electrons. The number of hydrogen-bond acceptors (Lipinski definition) is 6. The van der Waals surface area contributed by atoms with Crippen molar-refractivity contribution in [3.63, 3.8) is 0 Å². The van der Waals surface area contributed by atoms with Gasteiger partial charge in [-0.25, -0.2) is 18.2 Å². The van der Waals surface area contributed by atoms with Crippen LogP contribution in [0.4, 0.5) is 18.9 Å². The van der Waals surface area contributed by atoms with Gasteiger partial charge in [0.2, 0.25) is 0 Å². The van der Waals surface area contributed by atoms with Gasteiger partial charge in [-0.05, 0) is 48.5 Å². The largest absolute Gasteiger partial charge is 0.478 e. The standard InChI is InChI=1S/C21H11Cl2F3N2O5S2/c22-12-7-13(28-35(31,32)18-4-2-11(6-15(18)23)21(24,25)26)9-14(8-12)33-20-27-16-3-1-10(19(29)30)5-17(16)34-20/h1-9,28H,(H,29,30). The molecule has 0 bridgehead atoms. The fourth-order valence-corrected chi connectivity index (χ4v) is 5.65. The Hall–Kier alpha value is -3.06. The number of benzene rings is 3. The third-order valence-corrected chi connectivity index (χ3v) is 7.47. The van der Waals surface area contributed by atoms with Crippen molar-refractivity contribution in [3.05, 3.63) is 75.8 Å². The molecular weight excluding hydrogens is 552 g/mol. The van der Waals surface area contributed by atoms with Crippen molar-refractivity contribution in [1.29, 1.82) is 0 Å². The van der Waals surface area contributed by atoms with Crippen LogP contribution in [0.1, 0.15) is 15.9 Å². The molecule has 35 heavy (non-hydrogen) atoms. The second-order valence-electron chi connectivity index (χ2n) is 6.99. The molecule has 0 saturated carbocycles. The Morgan fingerprint density at radius 2 is 1.80 bits per heavy atom. The van der Waals surface area contributed by atoms with E-state index < -0.39 is 37.7 Å². The van der Waals surface area contributed by atoms with Crippen molar-refractivity contribution in [2.75, 3.05) is 4.72 Å². The zero-order valence-electron chi connectivity index (χ0n) is 16.9. The SMILES string of the molecule is O=C(O)c1ccc2nc(Oc3cc(Cl)cc(NS(=O)(=O)c4ccc(C(F)(F)F)cc4Cl)c3)sc2c1. The van der Waals surface area contributed by atoms with E-state index >= 15 is 0 Å². The highest BCUT2D eigenvalue weighted by Gasteiger charge is 2.32. The number of halogens is 5. The van der Waals surface area contributed by atoms with Gasteiger partial charge in [-0.1, -0.05) is 34.5 Å². The summed E-state index contributed by atoms with van der Waals surface area (Å²) >= 11 is 13.0. The molecule has 3 aromatic carbocycles. The molecular formula is C21H11Cl2F3N2O5S2. The summed E-state index contributed by atoms with van der Waals surface area (Å²) in [5, 5.41) is 8.74. The van der Waals surface area contributed by atoms with E-state index in [-0.39, 0.29) is 27.2 Å². The zero-order chi connectivity index (χ0) is 25.5. The van der Waals surface area contributed by atoms with Gasteiger partial charge >= 0.3 is 12.1 Å². The number of hydrogen-bond donors (Lipinski definition) is 2. The normalized spacial score (nSPS) is 12.0. The minimum Gasteiger partial charge on any atom is -0.478 e. The fourth-order valence-electron chi connectivity index (χ4n) is 2.97. The number of alkyl halides is 3. The number of ether oxygens (including phenoxy) is 1. The maximum absolute atomic E-state index is 12.9. The molecule has 0 atom stereocenters. The van der Waals surface area contributed by atoms with E-state index in [0.717, 1.165) is 17.4 Å². The summed E-state index contributed by atoms with van der Waals surface area (Å²) in [5.74, 6) is -0.992. The van der Waals surface area contributed by atoms with Crippen molar-refractivity contribution in [1.82, 2.24) is 4.98 Å². The minimum absolute atomic E-state index is 0.0438. The summed E-state index contributed by atoms with van der Waals surface area (Å²) in [7, 11) is -4.38. The van der Waals surface area contributed by atoms with Gasteiger partial charge in [0.15, 0.2) is 0 Å². The summed E-state index contributed by atoms with van der Waals surface area (Å²) in [6, 6.07) is 10.2. The Balaban J connectivity index is 1.60. The highest BCUT2D eigenvalue weighted by Crippen LogP contribution is 2.36. The van der Waals surface area contributed by atoms with Crippen LogP contribution in [-0.2, 0) is 16.2 Å². The highest BCUT2D eigenvalue weighted by molar-refractivity contribution is 7.92. The number of aromatic nitrogens is 1. The van der Waals surface area contributed by atoms with Gasteiger partial charge in [0.25, 0.3) is 15.2 Å². The Labute approximate surface area is 209 Å². The first-order valence-electron chi connectivity index (χ1n) is 9.34. The number of anilines is 1. The van der Waals surface area contributed by atoms with Crippen molar-refractivity contribution in [2.45, 2.75) is 11.1 Å². The molecule has 2 N–H and O–H groups in total. The minimum atomic E-state index is -4.69. The molecule has 0 amide bonds. The van der Waals surface area contributed by atoms with Crippen LogP contribution in [0.5, 0.6) is 10.9 Å². The summed E-state index contributed by atoms with van der Waals surface area (Å²) < 4.78 is 72.5. The number of carboxylic acids is 1. The van der Waals surface area contributed by atoms with E-state index in [1.54, 1.807) is 0 Å². The third-order valence-electron chi connectivity index (χ3n) is 4.49. The van der Waals surface area contributed by atoms with Crippen molar-refractivity contribution in [2.24, 2.45) is 0 Å². The average molecular weight is 563 g/mol. The van der Waals surface area contributed by atoms with Crippen LogP contribution < -0.4 is 9.46 Å². The second-order valence-corrected chi connectivity index (χ2v) is 10.5. The van der Waals surface area contributed by atoms with Gasteiger partial charge < -0.3 is 9.84 Å². The molecule has 4 rings (SSSR count). The molecule has 0 fully saturated rings. The number of fused-ring (bicyclic) bond motifs is 1. The first kappa shape index (κ1) is 25.0. The lowest BCUT2D eigenvalue weighted by atomic mass is 10.2. The quantitative estimate of drug-likeness (QED) is 0.264. The molecule has 0 aliphatic carbocycles. The molecule has 0 spiro atoms. The van der Waals surface area contributed by atoms with Crippen LogP contribution in [0.25, 0.3) is 10.2 Å². The van der Waals surface area contributed by atoms with Gasteiger partial charge in [0.1, 0.15) is 10.6 Å². The zero-order valence-corrected chi connectivity index (χ0v) is 20.1. The van der Waals surface area contributed by atoms with Crippen LogP contribution in [0, 0.1) is 0 Å². The van der Waals surface area contributed by atoms with Gasteiger partial charge in [-0.2, -0.15) is 13.2 Å². The van der Waals surface area contributed by atoms with Crippen molar-refractivity contribution in [3.8, 4) is 10.9 Å². The van der Waals surface area contributed by atoms with E-state index in [2.05, 4.69) is 9.71 Å². The molecule has 1 aromatic heterocycles. The van der Waals surface area contributed by atoms with Gasteiger partial charge in [-0.15, -0.1) is 0 Å². The lowest BCUT2D eigenvalue weighted by molar-refractivity contribution is -0.137. The molecule has 0 aliphatic heterocycles. The summed E-state index contributed by atoms with van der Waals surface area (Å²) in [6.45, 7) is 0. The van der Waals surface area contributed by atoms with E-state index in [9.17, 15) is 26.4 Å². The summed E-state index contributed by atoms with van der Waals surface area (Å²) in [5.41, 5.74) is -0.562. The topological polar surface area (TPSA) is 106 Å². The second kappa shape index (κ2) is 9.19. The Bertz CT molecular complexity index is 1570. The van der Waals surface area contributed by atoms with Crippen molar-refractivity contribution < 1.29 is 36.2 Å². The van der Waals surface area contributed by atoms with E-state index in [1.807, 2.05) is 0 Å². The molecule has 0 aliphatic rings. The average Bonchev–Trinajstić information content (AvgIpc) is 3.13. The molecule has 0 saturated heterocycles. The first-order chi connectivity index (χ1) is 16.3. The molecule has 0 unspecified atom stereocenters. The Morgan fingerprint density at radius 1 is 1.06 bits per heavy atom. The lowest BCUT2D eigenvalue weighted by Crippen LogP contribution is -2.14. The number of nitrogens with zero attached hydrogens (tertiary/aromatic N) is 1.